The number of esters is 1. The molecule has 1 fully saturated rings. The molecule has 0 aromatic heterocycles. The zero-order chi connectivity index (χ0) is 12.8. The van der Waals surface area contributed by atoms with Crippen LogP contribution in [0.5, 0.6) is 5.75 Å². The normalized spacial score (nSPS) is 18.6. The lowest BCUT2D eigenvalue weighted by atomic mass is 10.2. The van der Waals surface area contributed by atoms with Crippen molar-refractivity contribution >= 4 is 5.97 Å². The number of hydrogen-bond donors (Lipinski definition) is 0. The molecule has 0 bridgehead atoms. The fraction of sp³-hybridized carbons (Fsp3) is 0.500. The van der Waals surface area contributed by atoms with Gasteiger partial charge in [-0.2, -0.15) is 0 Å². The number of ether oxygens (including phenoxy) is 3. The molecule has 0 radical (unpaired) electrons. The molecule has 18 heavy (non-hydrogen) atoms. The monoisotopic (exact) mass is 250 g/mol. The lowest BCUT2D eigenvalue weighted by Gasteiger charge is -2.10. The predicted octanol–water partition coefficient (Wildman–Crippen LogP) is 2.42. The molecule has 1 heterocycles. The third kappa shape index (κ3) is 3.47. The summed E-state index contributed by atoms with van der Waals surface area (Å²) < 4.78 is 15.7. The van der Waals surface area contributed by atoms with E-state index >= 15 is 0 Å². The summed E-state index contributed by atoms with van der Waals surface area (Å²) in [4.78, 5) is 11.8. The Morgan fingerprint density at radius 2 is 2.39 bits per heavy atom. The van der Waals surface area contributed by atoms with Crippen LogP contribution >= 0.6 is 0 Å². The number of carbonyl (C=O) groups is 1. The highest BCUT2D eigenvalue weighted by Crippen LogP contribution is 2.16. The Labute approximate surface area is 107 Å². The van der Waals surface area contributed by atoms with Crippen molar-refractivity contribution in [2.45, 2.75) is 25.4 Å². The first-order valence-corrected chi connectivity index (χ1v) is 6.22. The minimum absolute atomic E-state index is 0.253. The summed E-state index contributed by atoms with van der Waals surface area (Å²) in [6.45, 7) is 1.23. The standard InChI is InChI=1S/C14H18O4/c1-16-13-5-2-4-11(10-13)14(15)18-9-7-12-6-3-8-17-12/h2,4-5,10,12H,3,6-9H2,1H3/t12-/m1/s1. The van der Waals surface area contributed by atoms with Gasteiger partial charge in [0.15, 0.2) is 0 Å². The molecule has 2 rings (SSSR count). The maximum Gasteiger partial charge on any atom is 0.338 e. The topological polar surface area (TPSA) is 44.8 Å². The molecule has 4 heteroatoms. The number of rotatable bonds is 5. The predicted molar refractivity (Wildman–Crippen MR) is 66.9 cm³/mol. The average Bonchev–Trinajstić information content (AvgIpc) is 2.92. The Morgan fingerprint density at radius 1 is 1.50 bits per heavy atom. The number of carbonyl (C=O) groups excluding carboxylic acids is 1. The molecule has 1 aliphatic heterocycles. The van der Waals surface area contributed by atoms with Crippen molar-refractivity contribution in [3.05, 3.63) is 29.8 Å². The molecule has 1 atom stereocenters. The third-order valence-corrected chi connectivity index (χ3v) is 3.00. The molecule has 1 saturated heterocycles. The van der Waals surface area contributed by atoms with Crippen LogP contribution in [0.25, 0.3) is 0 Å². The molecule has 1 aliphatic rings. The van der Waals surface area contributed by atoms with Gasteiger partial charge in [0, 0.05) is 13.0 Å². The Kier molecular flexibility index (Phi) is 4.59. The highest BCUT2D eigenvalue weighted by Gasteiger charge is 2.16. The van der Waals surface area contributed by atoms with Gasteiger partial charge in [-0.15, -0.1) is 0 Å². The quantitative estimate of drug-likeness (QED) is 0.753. The molecule has 0 saturated carbocycles. The first kappa shape index (κ1) is 12.9. The lowest BCUT2D eigenvalue weighted by Crippen LogP contribution is -2.13. The molecule has 0 spiro atoms. The molecule has 4 nitrogen and oxygen atoms in total. The van der Waals surface area contributed by atoms with Crippen LogP contribution in [0.4, 0.5) is 0 Å². The van der Waals surface area contributed by atoms with Crippen LogP contribution in [0.15, 0.2) is 24.3 Å². The number of hydrogen-bond acceptors (Lipinski definition) is 4. The molecule has 0 unspecified atom stereocenters. The van der Waals surface area contributed by atoms with Crippen LogP contribution < -0.4 is 4.74 Å². The van der Waals surface area contributed by atoms with Gasteiger partial charge in [0.1, 0.15) is 5.75 Å². The summed E-state index contributed by atoms with van der Waals surface area (Å²) in [6, 6.07) is 6.96. The highest BCUT2D eigenvalue weighted by atomic mass is 16.5. The summed E-state index contributed by atoms with van der Waals surface area (Å²) in [5, 5.41) is 0. The summed E-state index contributed by atoms with van der Waals surface area (Å²) in [7, 11) is 1.57. The second-order valence-corrected chi connectivity index (χ2v) is 4.29. The molecular formula is C14H18O4. The minimum atomic E-state index is -0.313. The maximum atomic E-state index is 11.8. The van der Waals surface area contributed by atoms with Gasteiger partial charge in [-0.1, -0.05) is 6.07 Å². The molecule has 1 aromatic carbocycles. The fourth-order valence-electron chi connectivity index (χ4n) is 1.99. The summed E-state index contributed by atoms with van der Waals surface area (Å²) in [5.41, 5.74) is 0.515. The molecule has 0 amide bonds. The molecular weight excluding hydrogens is 232 g/mol. The van der Waals surface area contributed by atoms with E-state index in [4.69, 9.17) is 14.2 Å². The van der Waals surface area contributed by atoms with Gasteiger partial charge >= 0.3 is 5.97 Å². The van der Waals surface area contributed by atoms with E-state index in [1.165, 1.54) is 0 Å². The van der Waals surface area contributed by atoms with E-state index in [1.54, 1.807) is 31.4 Å². The SMILES string of the molecule is COc1cccc(C(=O)OCC[C@H]2CCCO2)c1. The van der Waals surface area contributed by atoms with Gasteiger partial charge in [0.25, 0.3) is 0 Å². The Hall–Kier alpha value is -1.55. The highest BCUT2D eigenvalue weighted by molar-refractivity contribution is 5.89. The smallest absolute Gasteiger partial charge is 0.338 e. The van der Waals surface area contributed by atoms with E-state index in [-0.39, 0.29) is 12.1 Å². The van der Waals surface area contributed by atoms with Gasteiger partial charge in [-0.05, 0) is 31.0 Å². The van der Waals surface area contributed by atoms with Crippen molar-refractivity contribution in [2.75, 3.05) is 20.3 Å². The van der Waals surface area contributed by atoms with Gasteiger partial charge in [-0.3, -0.25) is 0 Å². The lowest BCUT2D eigenvalue weighted by molar-refractivity contribution is 0.0385. The summed E-state index contributed by atoms with van der Waals surface area (Å²) in [5.74, 6) is 0.343. The van der Waals surface area contributed by atoms with Crippen LogP contribution in [0, 0.1) is 0 Å². The molecule has 0 aliphatic carbocycles. The summed E-state index contributed by atoms with van der Waals surface area (Å²) in [6.07, 6.45) is 3.20. The van der Waals surface area contributed by atoms with E-state index in [0.717, 1.165) is 25.9 Å². The zero-order valence-corrected chi connectivity index (χ0v) is 10.6. The van der Waals surface area contributed by atoms with Crippen molar-refractivity contribution in [2.24, 2.45) is 0 Å². The third-order valence-electron chi connectivity index (χ3n) is 3.00. The fourth-order valence-corrected chi connectivity index (χ4v) is 1.99. The zero-order valence-electron chi connectivity index (χ0n) is 10.6. The van der Waals surface area contributed by atoms with Crippen LogP contribution in [0.1, 0.15) is 29.6 Å². The van der Waals surface area contributed by atoms with Crippen molar-refractivity contribution in [3.63, 3.8) is 0 Å². The van der Waals surface area contributed by atoms with Gasteiger partial charge in [0.2, 0.25) is 0 Å². The number of benzene rings is 1. The van der Waals surface area contributed by atoms with Crippen LogP contribution in [-0.2, 0) is 9.47 Å². The second kappa shape index (κ2) is 6.40. The second-order valence-electron chi connectivity index (χ2n) is 4.29. The van der Waals surface area contributed by atoms with E-state index in [0.29, 0.717) is 17.9 Å². The Balaban J connectivity index is 1.79. The van der Waals surface area contributed by atoms with Crippen molar-refractivity contribution < 1.29 is 19.0 Å². The Bertz CT molecular complexity index is 397. The largest absolute Gasteiger partial charge is 0.497 e. The molecule has 0 N–H and O–H groups in total. The first-order chi connectivity index (χ1) is 8.79. The van der Waals surface area contributed by atoms with Gasteiger partial charge in [-0.25, -0.2) is 4.79 Å². The molecule has 1 aromatic rings. The van der Waals surface area contributed by atoms with E-state index < -0.39 is 0 Å². The van der Waals surface area contributed by atoms with E-state index in [1.807, 2.05) is 0 Å². The van der Waals surface area contributed by atoms with Crippen LogP contribution in [0.2, 0.25) is 0 Å². The maximum absolute atomic E-state index is 11.8. The first-order valence-electron chi connectivity index (χ1n) is 6.22. The average molecular weight is 250 g/mol. The van der Waals surface area contributed by atoms with Crippen LogP contribution in [-0.4, -0.2) is 32.4 Å². The minimum Gasteiger partial charge on any atom is -0.497 e. The number of methoxy groups -OCH3 is 1. The molecule has 98 valence electrons. The van der Waals surface area contributed by atoms with E-state index in [2.05, 4.69) is 0 Å². The van der Waals surface area contributed by atoms with Crippen LogP contribution in [0.3, 0.4) is 0 Å². The van der Waals surface area contributed by atoms with Crippen molar-refractivity contribution in [3.8, 4) is 5.75 Å². The Morgan fingerprint density at radius 3 is 3.11 bits per heavy atom. The van der Waals surface area contributed by atoms with Gasteiger partial charge < -0.3 is 14.2 Å². The van der Waals surface area contributed by atoms with Crippen molar-refractivity contribution in [1.29, 1.82) is 0 Å². The van der Waals surface area contributed by atoms with Gasteiger partial charge in [0.05, 0.1) is 25.4 Å². The summed E-state index contributed by atoms with van der Waals surface area (Å²) >= 11 is 0. The van der Waals surface area contributed by atoms with E-state index in [9.17, 15) is 4.79 Å². The van der Waals surface area contributed by atoms with Crippen molar-refractivity contribution in [1.82, 2.24) is 0 Å².